The third-order valence-corrected chi connectivity index (χ3v) is 3.89. The number of rotatable bonds is 6. The van der Waals surface area contributed by atoms with Gasteiger partial charge in [-0.1, -0.05) is 18.2 Å². The van der Waals surface area contributed by atoms with Gasteiger partial charge in [0.15, 0.2) is 11.6 Å². The molecule has 1 atom stereocenters. The number of halogens is 2. The summed E-state index contributed by atoms with van der Waals surface area (Å²) in [6, 6.07) is 9.00. The van der Waals surface area contributed by atoms with Crippen LogP contribution >= 0.6 is 0 Å². The Balaban J connectivity index is 1.69. The minimum absolute atomic E-state index is 0.0588. The molecule has 3 rings (SSSR count). The topological polar surface area (TPSA) is 92.2 Å². The molecule has 0 spiro atoms. The molecular weight excluding hydrogens is 356 g/mol. The van der Waals surface area contributed by atoms with E-state index in [9.17, 15) is 23.5 Å². The number of amides is 1. The van der Waals surface area contributed by atoms with Crippen LogP contribution in [0.15, 0.2) is 48.7 Å². The second-order valence-electron chi connectivity index (χ2n) is 5.94. The van der Waals surface area contributed by atoms with Gasteiger partial charge in [-0.05, 0) is 29.8 Å². The van der Waals surface area contributed by atoms with Crippen molar-refractivity contribution in [1.29, 1.82) is 0 Å². The van der Waals surface area contributed by atoms with Crippen molar-refractivity contribution in [3.8, 4) is 0 Å². The van der Waals surface area contributed by atoms with Crippen LogP contribution in [0, 0.1) is 11.6 Å². The lowest BCUT2D eigenvalue weighted by molar-refractivity contribution is -0.141. The van der Waals surface area contributed by atoms with E-state index >= 15 is 0 Å². The molecule has 0 saturated carbocycles. The molecule has 0 bridgehead atoms. The first-order valence-corrected chi connectivity index (χ1v) is 8.09. The molecule has 1 heterocycles. The van der Waals surface area contributed by atoms with Crippen LogP contribution in [0.1, 0.15) is 11.3 Å². The van der Waals surface area contributed by atoms with Crippen LogP contribution in [-0.2, 0) is 22.4 Å². The molecule has 6 nitrogen and oxygen atoms in total. The molecule has 0 aliphatic carbocycles. The number of hydrogen-bond donors (Lipinski definition) is 2. The van der Waals surface area contributed by atoms with E-state index in [4.69, 9.17) is 0 Å². The van der Waals surface area contributed by atoms with E-state index < -0.39 is 29.6 Å². The van der Waals surface area contributed by atoms with Gasteiger partial charge in [-0.3, -0.25) is 9.78 Å². The Morgan fingerprint density at radius 3 is 2.52 bits per heavy atom. The predicted octanol–water partition coefficient (Wildman–Crippen LogP) is 2.26. The largest absolute Gasteiger partial charge is 0.480 e. The van der Waals surface area contributed by atoms with Crippen molar-refractivity contribution < 1.29 is 23.5 Å². The van der Waals surface area contributed by atoms with Gasteiger partial charge in [0, 0.05) is 12.6 Å². The van der Waals surface area contributed by atoms with Crippen molar-refractivity contribution in [2.45, 2.75) is 18.9 Å². The summed E-state index contributed by atoms with van der Waals surface area (Å²) in [7, 11) is 0. The van der Waals surface area contributed by atoms with Crippen LogP contribution in [-0.4, -0.2) is 33.0 Å². The maximum Gasteiger partial charge on any atom is 0.326 e. The summed E-state index contributed by atoms with van der Waals surface area (Å²) < 4.78 is 26.2. The maximum absolute atomic E-state index is 13.2. The Morgan fingerprint density at radius 2 is 1.81 bits per heavy atom. The molecule has 0 aliphatic heterocycles. The average molecular weight is 371 g/mol. The van der Waals surface area contributed by atoms with Crippen molar-refractivity contribution in [3.05, 3.63) is 71.6 Å². The lowest BCUT2D eigenvalue weighted by atomic mass is 10.1. The predicted molar refractivity (Wildman–Crippen MR) is 92.9 cm³/mol. The van der Waals surface area contributed by atoms with Crippen LogP contribution in [0.2, 0.25) is 0 Å². The van der Waals surface area contributed by atoms with Crippen molar-refractivity contribution in [1.82, 2.24) is 15.3 Å². The van der Waals surface area contributed by atoms with Gasteiger partial charge in [0.2, 0.25) is 5.91 Å². The first kappa shape index (κ1) is 18.4. The van der Waals surface area contributed by atoms with Crippen LogP contribution in [0.4, 0.5) is 8.78 Å². The zero-order valence-corrected chi connectivity index (χ0v) is 14.0. The molecule has 0 radical (unpaired) electrons. The van der Waals surface area contributed by atoms with Gasteiger partial charge in [-0.15, -0.1) is 0 Å². The van der Waals surface area contributed by atoms with Crippen molar-refractivity contribution in [3.63, 3.8) is 0 Å². The second kappa shape index (κ2) is 7.86. The van der Waals surface area contributed by atoms with E-state index in [0.717, 1.165) is 12.1 Å². The van der Waals surface area contributed by atoms with Crippen molar-refractivity contribution >= 4 is 22.9 Å². The molecule has 3 aromatic rings. The lowest BCUT2D eigenvalue weighted by Crippen LogP contribution is -2.43. The van der Waals surface area contributed by atoms with Gasteiger partial charge < -0.3 is 10.4 Å². The standard InChI is InChI=1S/C19H15F2N3O3/c20-13-6-5-11(7-14(13)21)8-18(25)24-17(19(26)27)9-12-10-22-15-3-1-2-4-16(15)23-12/h1-7,10,17H,8-9H2,(H,24,25)(H,26,27)/t17-/m1/s1. The van der Waals surface area contributed by atoms with E-state index in [0.29, 0.717) is 16.7 Å². The number of para-hydroxylation sites is 2. The van der Waals surface area contributed by atoms with Crippen LogP contribution < -0.4 is 5.32 Å². The van der Waals surface area contributed by atoms with Gasteiger partial charge in [0.05, 0.1) is 23.1 Å². The fourth-order valence-electron chi connectivity index (χ4n) is 2.58. The van der Waals surface area contributed by atoms with E-state index in [1.165, 1.54) is 12.3 Å². The number of aromatic nitrogens is 2. The Morgan fingerprint density at radius 1 is 1.07 bits per heavy atom. The summed E-state index contributed by atoms with van der Waals surface area (Å²) in [6.07, 6.45) is 1.13. The van der Waals surface area contributed by atoms with Gasteiger partial charge in [-0.2, -0.15) is 0 Å². The zero-order chi connectivity index (χ0) is 19.4. The summed E-state index contributed by atoms with van der Waals surface area (Å²) in [5, 5.41) is 11.7. The average Bonchev–Trinajstić information content (AvgIpc) is 2.64. The van der Waals surface area contributed by atoms with E-state index in [-0.39, 0.29) is 18.4 Å². The third-order valence-electron chi connectivity index (χ3n) is 3.89. The van der Waals surface area contributed by atoms with Gasteiger partial charge in [-0.25, -0.2) is 18.6 Å². The zero-order valence-electron chi connectivity index (χ0n) is 14.0. The second-order valence-corrected chi connectivity index (χ2v) is 5.94. The number of carboxylic acid groups (broad SMARTS) is 1. The smallest absolute Gasteiger partial charge is 0.326 e. The molecule has 8 heteroatoms. The number of nitrogens with one attached hydrogen (secondary N) is 1. The number of carbonyl (C=O) groups is 2. The van der Waals surface area contributed by atoms with Gasteiger partial charge >= 0.3 is 5.97 Å². The monoisotopic (exact) mass is 371 g/mol. The Bertz CT molecular complexity index is 1010. The van der Waals surface area contributed by atoms with Crippen molar-refractivity contribution in [2.24, 2.45) is 0 Å². The molecule has 1 amide bonds. The van der Waals surface area contributed by atoms with E-state index in [2.05, 4.69) is 15.3 Å². The fraction of sp³-hybridized carbons (Fsp3) is 0.158. The molecule has 2 aromatic carbocycles. The Kier molecular flexibility index (Phi) is 5.35. The highest BCUT2D eigenvalue weighted by atomic mass is 19.2. The highest BCUT2D eigenvalue weighted by Gasteiger charge is 2.21. The molecule has 0 saturated heterocycles. The van der Waals surface area contributed by atoms with Crippen LogP contribution in [0.5, 0.6) is 0 Å². The molecule has 27 heavy (non-hydrogen) atoms. The molecular formula is C19H15F2N3O3. The maximum atomic E-state index is 13.2. The SMILES string of the molecule is O=C(Cc1ccc(F)c(F)c1)N[C@H](Cc1cnc2ccccc2n1)C(=O)O. The quantitative estimate of drug-likeness (QED) is 0.693. The van der Waals surface area contributed by atoms with E-state index in [1.807, 2.05) is 6.07 Å². The van der Waals surface area contributed by atoms with E-state index in [1.54, 1.807) is 18.2 Å². The minimum atomic E-state index is -1.23. The number of aliphatic carboxylic acids is 1. The minimum Gasteiger partial charge on any atom is -0.480 e. The molecule has 0 aliphatic rings. The van der Waals surface area contributed by atoms with Crippen molar-refractivity contribution in [2.75, 3.05) is 0 Å². The number of carbonyl (C=O) groups excluding carboxylic acids is 1. The molecule has 0 unspecified atom stereocenters. The number of nitrogens with zero attached hydrogens (tertiary/aromatic N) is 2. The number of fused-ring (bicyclic) bond motifs is 1. The third kappa shape index (κ3) is 4.60. The Hall–Kier alpha value is -3.42. The van der Waals surface area contributed by atoms with Crippen LogP contribution in [0.25, 0.3) is 11.0 Å². The number of hydrogen-bond acceptors (Lipinski definition) is 4. The summed E-state index contributed by atoms with van der Waals surface area (Å²) in [4.78, 5) is 32.1. The van der Waals surface area contributed by atoms with Crippen LogP contribution in [0.3, 0.4) is 0 Å². The molecule has 0 fully saturated rings. The molecule has 2 N–H and O–H groups in total. The summed E-state index contributed by atoms with van der Waals surface area (Å²) >= 11 is 0. The summed E-state index contributed by atoms with van der Waals surface area (Å²) in [5.74, 6) is -3.94. The van der Waals surface area contributed by atoms with Gasteiger partial charge in [0.25, 0.3) is 0 Å². The highest BCUT2D eigenvalue weighted by Crippen LogP contribution is 2.11. The Labute approximate surface area is 152 Å². The molecule has 138 valence electrons. The summed E-state index contributed by atoms with van der Waals surface area (Å²) in [5.41, 5.74) is 1.94. The first-order chi connectivity index (χ1) is 12.9. The lowest BCUT2D eigenvalue weighted by Gasteiger charge is -2.14. The van der Waals surface area contributed by atoms with Gasteiger partial charge in [0.1, 0.15) is 6.04 Å². The number of benzene rings is 2. The normalized spacial score (nSPS) is 11.9. The first-order valence-electron chi connectivity index (χ1n) is 8.09. The highest BCUT2D eigenvalue weighted by molar-refractivity contribution is 5.85. The molecule has 1 aromatic heterocycles. The number of carboxylic acids is 1. The summed E-state index contributed by atoms with van der Waals surface area (Å²) in [6.45, 7) is 0. The fourth-order valence-corrected chi connectivity index (χ4v) is 2.58.